The molecule has 0 rings (SSSR count). The average Bonchev–Trinajstić information content (AvgIpc) is 2.21. The van der Waals surface area contributed by atoms with Crippen LogP contribution in [-0.4, -0.2) is 36.0 Å². The summed E-state index contributed by atoms with van der Waals surface area (Å²) in [5.74, 6) is -0.602. The van der Waals surface area contributed by atoms with Crippen molar-refractivity contribution >= 4 is 12.1 Å². The van der Waals surface area contributed by atoms with E-state index in [9.17, 15) is 14.7 Å². The number of ketones is 1. The molecule has 0 aromatic carbocycles. The molecule has 4 heteroatoms. The molecule has 0 heterocycles. The Balaban J connectivity index is 5.19. The molecule has 19 heavy (non-hydrogen) atoms. The lowest BCUT2D eigenvalue weighted by Crippen LogP contribution is -2.51. The number of rotatable bonds is 6. The molecule has 0 fully saturated rings. The minimum Gasteiger partial charge on any atom is -0.385 e. The number of methoxy groups -OCH3 is 1. The van der Waals surface area contributed by atoms with E-state index in [-0.39, 0.29) is 23.7 Å². The summed E-state index contributed by atoms with van der Waals surface area (Å²) in [5.41, 5.74) is -2.17. The van der Waals surface area contributed by atoms with Crippen LogP contribution in [0.2, 0.25) is 0 Å². The summed E-state index contributed by atoms with van der Waals surface area (Å²) < 4.78 is 5.13. The van der Waals surface area contributed by atoms with Crippen LogP contribution in [0.1, 0.15) is 54.4 Å². The number of carbonyl (C=O) groups excluding carboxylic acids is 2. The molecule has 4 nitrogen and oxygen atoms in total. The number of ether oxygens (including phenoxy) is 1. The SMILES string of the molecule is COC([C]=O)(CC(C)(C)C)C(=O)C(O)CC(C)(C)C. The standard InChI is InChI=1S/C15H27O4/c1-13(2,3)8-11(17)12(18)15(10-16,19-7)9-14(4,5)6/h11,17H,8-9H2,1-7H3. The third-order valence-electron chi connectivity index (χ3n) is 2.80. The van der Waals surface area contributed by atoms with Crippen LogP contribution in [-0.2, 0) is 14.3 Å². The van der Waals surface area contributed by atoms with Crippen molar-refractivity contribution in [3.05, 3.63) is 0 Å². The van der Waals surface area contributed by atoms with Crippen molar-refractivity contribution in [1.82, 2.24) is 0 Å². The molecule has 1 radical (unpaired) electrons. The average molecular weight is 271 g/mol. The Morgan fingerprint density at radius 2 is 1.63 bits per heavy atom. The van der Waals surface area contributed by atoms with E-state index in [4.69, 9.17) is 4.74 Å². The highest BCUT2D eigenvalue weighted by atomic mass is 16.5. The van der Waals surface area contributed by atoms with E-state index >= 15 is 0 Å². The maximum Gasteiger partial charge on any atom is 0.241 e. The van der Waals surface area contributed by atoms with Gasteiger partial charge in [0.25, 0.3) is 0 Å². The highest BCUT2D eigenvalue weighted by molar-refractivity contribution is 6.04. The molecular weight excluding hydrogens is 244 g/mol. The lowest BCUT2D eigenvalue weighted by Gasteiger charge is -2.33. The van der Waals surface area contributed by atoms with Crippen molar-refractivity contribution in [2.45, 2.75) is 66.1 Å². The number of Topliss-reactive ketones (excluding diaryl/α,β-unsaturated/α-hetero) is 1. The second kappa shape index (κ2) is 6.14. The molecule has 0 aromatic heterocycles. The van der Waals surface area contributed by atoms with E-state index in [0.717, 1.165) is 0 Å². The van der Waals surface area contributed by atoms with Crippen LogP contribution in [0.4, 0.5) is 0 Å². The summed E-state index contributed by atoms with van der Waals surface area (Å²) in [7, 11) is 1.30. The predicted molar refractivity (Wildman–Crippen MR) is 74.6 cm³/mol. The predicted octanol–water partition coefficient (Wildman–Crippen LogP) is 2.28. The summed E-state index contributed by atoms with van der Waals surface area (Å²) >= 11 is 0. The van der Waals surface area contributed by atoms with Gasteiger partial charge in [0.15, 0.2) is 5.60 Å². The minimum absolute atomic E-state index is 0.194. The van der Waals surface area contributed by atoms with E-state index in [1.165, 1.54) is 7.11 Å². The van der Waals surface area contributed by atoms with E-state index in [2.05, 4.69) is 0 Å². The first-order valence-corrected chi connectivity index (χ1v) is 6.54. The lowest BCUT2D eigenvalue weighted by molar-refractivity contribution is -0.146. The molecule has 0 saturated carbocycles. The third-order valence-corrected chi connectivity index (χ3v) is 2.80. The number of hydrogen-bond acceptors (Lipinski definition) is 4. The Kier molecular flexibility index (Phi) is 5.90. The Labute approximate surface area is 116 Å². The van der Waals surface area contributed by atoms with E-state index < -0.39 is 17.5 Å². The largest absolute Gasteiger partial charge is 0.385 e. The molecule has 0 aliphatic rings. The fourth-order valence-electron chi connectivity index (χ4n) is 2.08. The van der Waals surface area contributed by atoms with E-state index in [1.807, 2.05) is 41.5 Å². The zero-order chi connectivity index (χ0) is 15.5. The van der Waals surface area contributed by atoms with Gasteiger partial charge in [0.2, 0.25) is 12.1 Å². The molecule has 0 bridgehead atoms. The van der Waals surface area contributed by atoms with Crippen molar-refractivity contribution in [2.24, 2.45) is 10.8 Å². The van der Waals surface area contributed by atoms with Crippen LogP contribution in [0.5, 0.6) is 0 Å². The van der Waals surface area contributed by atoms with Crippen molar-refractivity contribution in [2.75, 3.05) is 7.11 Å². The van der Waals surface area contributed by atoms with Gasteiger partial charge in [-0.05, 0) is 23.7 Å². The molecule has 0 aliphatic carbocycles. The molecule has 0 aromatic rings. The molecule has 0 amide bonds. The van der Waals surface area contributed by atoms with Gasteiger partial charge in [0, 0.05) is 7.11 Å². The first kappa shape index (κ1) is 18.3. The summed E-state index contributed by atoms with van der Waals surface area (Å²) in [6, 6.07) is 0. The fraction of sp³-hybridized carbons (Fsp3) is 0.867. The molecule has 111 valence electrons. The minimum atomic E-state index is -1.68. The normalized spacial score (nSPS) is 17.7. The van der Waals surface area contributed by atoms with Crippen LogP contribution in [0.3, 0.4) is 0 Å². The zero-order valence-corrected chi connectivity index (χ0v) is 13.2. The van der Waals surface area contributed by atoms with Crippen molar-refractivity contribution in [3.8, 4) is 0 Å². The van der Waals surface area contributed by atoms with E-state index in [1.54, 1.807) is 6.29 Å². The maximum atomic E-state index is 12.3. The lowest BCUT2D eigenvalue weighted by atomic mass is 9.77. The van der Waals surface area contributed by atoms with Gasteiger partial charge in [0.05, 0.1) is 0 Å². The molecule has 0 aliphatic heterocycles. The van der Waals surface area contributed by atoms with E-state index in [0.29, 0.717) is 0 Å². The summed E-state index contributed by atoms with van der Waals surface area (Å²) in [6.45, 7) is 11.5. The van der Waals surface area contributed by atoms with Gasteiger partial charge in [-0.15, -0.1) is 0 Å². The summed E-state index contributed by atoms with van der Waals surface area (Å²) in [5, 5.41) is 10.0. The maximum absolute atomic E-state index is 12.3. The quantitative estimate of drug-likeness (QED) is 0.753. The van der Waals surface area contributed by atoms with Gasteiger partial charge in [-0.3, -0.25) is 9.59 Å². The molecule has 0 saturated heterocycles. The zero-order valence-electron chi connectivity index (χ0n) is 13.2. The number of aliphatic hydroxyl groups is 1. The first-order valence-electron chi connectivity index (χ1n) is 6.54. The van der Waals surface area contributed by atoms with Gasteiger partial charge in [-0.1, -0.05) is 41.5 Å². The summed E-state index contributed by atoms with van der Waals surface area (Å²) in [4.78, 5) is 23.6. The smallest absolute Gasteiger partial charge is 0.241 e. The summed E-state index contributed by atoms with van der Waals surface area (Å²) in [6.07, 6.45) is 0.963. The number of aliphatic hydroxyl groups excluding tert-OH is 1. The fourth-order valence-corrected chi connectivity index (χ4v) is 2.08. The van der Waals surface area contributed by atoms with Crippen LogP contribution in [0.15, 0.2) is 0 Å². The van der Waals surface area contributed by atoms with Crippen LogP contribution >= 0.6 is 0 Å². The monoisotopic (exact) mass is 271 g/mol. The van der Waals surface area contributed by atoms with Crippen LogP contribution in [0, 0.1) is 10.8 Å². The molecule has 0 spiro atoms. The topological polar surface area (TPSA) is 63.6 Å². The third kappa shape index (κ3) is 5.83. The molecule has 2 unspecified atom stereocenters. The Hall–Kier alpha value is -0.740. The van der Waals surface area contributed by atoms with Gasteiger partial charge >= 0.3 is 0 Å². The molecule has 2 atom stereocenters. The highest BCUT2D eigenvalue weighted by Gasteiger charge is 2.46. The highest BCUT2D eigenvalue weighted by Crippen LogP contribution is 2.32. The van der Waals surface area contributed by atoms with Crippen molar-refractivity contribution in [3.63, 3.8) is 0 Å². The van der Waals surface area contributed by atoms with Crippen molar-refractivity contribution in [1.29, 1.82) is 0 Å². The van der Waals surface area contributed by atoms with Crippen molar-refractivity contribution < 1.29 is 19.4 Å². The molecular formula is C15H27O4. The Morgan fingerprint density at radius 1 is 1.16 bits per heavy atom. The molecule has 1 N–H and O–H groups in total. The Morgan fingerprint density at radius 3 is 1.89 bits per heavy atom. The number of hydrogen-bond donors (Lipinski definition) is 1. The van der Waals surface area contributed by atoms with Gasteiger partial charge in [-0.2, -0.15) is 0 Å². The van der Waals surface area contributed by atoms with Crippen LogP contribution < -0.4 is 0 Å². The van der Waals surface area contributed by atoms with Gasteiger partial charge in [0.1, 0.15) is 6.10 Å². The van der Waals surface area contributed by atoms with Gasteiger partial charge in [-0.25, -0.2) is 0 Å². The Bertz CT molecular complexity index is 322. The second-order valence-corrected chi connectivity index (χ2v) is 7.52. The second-order valence-electron chi connectivity index (χ2n) is 7.52. The van der Waals surface area contributed by atoms with Gasteiger partial charge < -0.3 is 9.84 Å². The number of carbonyl (C=O) groups is 1. The first-order chi connectivity index (χ1) is 8.37. The van der Waals surface area contributed by atoms with Crippen LogP contribution in [0.25, 0.3) is 0 Å².